The summed E-state index contributed by atoms with van der Waals surface area (Å²) in [6.07, 6.45) is 3.79. The van der Waals surface area contributed by atoms with Crippen molar-refractivity contribution in [3.8, 4) is 0 Å². The number of rotatable bonds is 6. The van der Waals surface area contributed by atoms with Crippen LogP contribution < -0.4 is 5.56 Å². The molecule has 1 N–H and O–H groups in total. The third-order valence-electron chi connectivity index (χ3n) is 4.74. The number of benzene rings is 1. The zero-order chi connectivity index (χ0) is 18.6. The number of nitrogens with zero attached hydrogens (tertiary/aromatic N) is 2. The van der Waals surface area contributed by atoms with Crippen LogP contribution in [0.3, 0.4) is 0 Å². The van der Waals surface area contributed by atoms with Gasteiger partial charge in [0.1, 0.15) is 0 Å². The molecule has 1 fully saturated rings. The van der Waals surface area contributed by atoms with E-state index >= 15 is 0 Å². The number of aliphatic hydroxyl groups excluding tert-OH is 1. The molecule has 0 radical (unpaired) electrons. The molecule has 140 valence electrons. The van der Waals surface area contributed by atoms with Gasteiger partial charge in [0.25, 0.3) is 5.56 Å². The van der Waals surface area contributed by atoms with Crippen molar-refractivity contribution in [2.24, 2.45) is 0 Å². The van der Waals surface area contributed by atoms with Gasteiger partial charge in [0.05, 0.1) is 11.0 Å². The lowest BCUT2D eigenvalue weighted by molar-refractivity contribution is 0.160. The molecule has 1 aromatic carbocycles. The normalized spacial score (nSPS) is 17.1. The van der Waals surface area contributed by atoms with Crippen molar-refractivity contribution in [1.29, 1.82) is 0 Å². The highest BCUT2D eigenvalue weighted by molar-refractivity contribution is 7.89. The minimum Gasteiger partial charge on any atom is -0.388 e. The first-order valence-corrected chi connectivity index (χ1v) is 10.4. The Morgan fingerprint density at radius 2 is 1.69 bits per heavy atom. The van der Waals surface area contributed by atoms with Crippen LogP contribution in [-0.2, 0) is 16.6 Å². The van der Waals surface area contributed by atoms with Crippen molar-refractivity contribution in [2.45, 2.75) is 43.2 Å². The summed E-state index contributed by atoms with van der Waals surface area (Å²) in [6, 6.07) is 11.9. The molecule has 7 heteroatoms. The van der Waals surface area contributed by atoms with Gasteiger partial charge >= 0.3 is 0 Å². The van der Waals surface area contributed by atoms with Crippen LogP contribution in [0.1, 0.15) is 37.4 Å². The van der Waals surface area contributed by atoms with Gasteiger partial charge in [0.2, 0.25) is 10.0 Å². The van der Waals surface area contributed by atoms with Crippen molar-refractivity contribution in [2.75, 3.05) is 13.1 Å². The summed E-state index contributed by atoms with van der Waals surface area (Å²) >= 11 is 0. The van der Waals surface area contributed by atoms with Crippen LogP contribution in [-0.4, -0.2) is 35.5 Å². The van der Waals surface area contributed by atoms with E-state index in [0.29, 0.717) is 19.5 Å². The van der Waals surface area contributed by atoms with E-state index in [4.69, 9.17) is 0 Å². The fraction of sp³-hybridized carbons (Fsp3) is 0.421. The molecule has 26 heavy (non-hydrogen) atoms. The fourth-order valence-electron chi connectivity index (χ4n) is 3.19. The van der Waals surface area contributed by atoms with Crippen LogP contribution in [0.25, 0.3) is 0 Å². The molecule has 1 aromatic heterocycles. The maximum atomic E-state index is 12.8. The summed E-state index contributed by atoms with van der Waals surface area (Å²) in [5, 5.41) is 10.3. The summed E-state index contributed by atoms with van der Waals surface area (Å²) in [5.41, 5.74) is 0.500. The lowest BCUT2D eigenvalue weighted by Crippen LogP contribution is -2.36. The zero-order valence-corrected chi connectivity index (χ0v) is 15.4. The number of piperidine rings is 1. The summed E-state index contributed by atoms with van der Waals surface area (Å²) in [4.78, 5) is 12.2. The topological polar surface area (TPSA) is 79.6 Å². The Labute approximate surface area is 153 Å². The summed E-state index contributed by atoms with van der Waals surface area (Å²) < 4.78 is 28.4. The number of hydrogen-bond acceptors (Lipinski definition) is 4. The Morgan fingerprint density at radius 1 is 1.00 bits per heavy atom. The quantitative estimate of drug-likeness (QED) is 0.838. The van der Waals surface area contributed by atoms with Gasteiger partial charge in [0.15, 0.2) is 0 Å². The maximum absolute atomic E-state index is 12.8. The molecule has 1 atom stereocenters. The van der Waals surface area contributed by atoms with Crippen LogP contribution in [0.5, 0.6) is 0 Å². The van der Waals surface area contributed by atoms with Crippen LogP contribution in [0.4, 0.5) is 0 Å². The highest BCUT2D eigenvalue weighted by atomic mass is 32.2. The van der Waals surface area contributed by atoms with Gasteiger partial charge in [-0.25, -0.2) is 8.42 Å². The Hall–Kier alpha value is -1.96. The number of sulfonamides is 1. The second-order valence-corrected chi connectivity index (χ2v) is 8.51. The van der Waals surface area contributed by atoms with Gasteiger partial charge in [-0.1, -0.05) is 36.8 Å². The molecule has 1 aliphatic heterocycles. The molecule has 0 spiro atoms. The van der Waals surface area contributed by atoms with E-state index in [1.54, 1.807) is 0 Å². The third-order valence-corrected chi connectivity index (χ3v) is 6.62. The number of aliphatic hydroxyl groups is 1. The molecule has 1 unspecified atom stereocenters. The van der Waals surface area contributed by atoms with Gasteiger partial charge in [-0.2, -0.15) is 4.31 Å². The summed E-state index contributed by atoms with van der Waals surface area (Å²) in [7, 11) is -3.58. The SMILES string of the molecule is O=c1ccc(S(=O)(=O)N2CCCCC2)cn1CCC(O)c1ccccc1. The lowest BCUT2D eigenvalue weighted by atomic mass is 10.1. The van der Waals surface area contributed by atoms with E-state index in [0.717, 1.165) is 24.8 Å². The van der Waals surface area contributed by atoms with Gasteiger partial charge in [-0.05, 0) is 30.9 Å². The second-order valence-electron chi connectivity index (χ2n) is 6.58. The summed E-state index contributed by atoms with van der Waals surface area (Å²) in [6.45, 7) is 1.29. The van der Waals surface area contributed by atoms with Gasteiger partial charge in [-0.15, -0.1) is 0 Å². The molecule has 3 rings (SSSR count). The molecule has 2 aromatic rings. The van der Waals surface area contributed by atoms with Crippen LogP contribution in [0.15, 0.2) is 58.4 Å². The smallest absolute Gasteiger partial charge is 0.250 e. The van der Waals surface area contributed by atoms with Gasteiger partial charge in [-0.3, -0.25) is 4.79 Å². The first-order chi connectivity index (χ1) is 12.5. The second kappa shape index (κ2) is 8.16. The summed E-state index contributed by atoms with van der Waals surface area (Å²) in [5.74, 6) is 0. The molecule has 0 bridgehead atoms. The standard InChI is InChI=1S/C19H24N2O4S/c22-18(16-7-3-1-4-8-16)11-14-20-15-17(9-10-19(20)23)26(24,25)21-12-5-2-6-13-21/h1,3-4,7-10,15,18,22H,2,5-6,11-14H2. The van der Waals surface area contributed by atoms with Crippen LogP contribution in [0, 0.1) is 0 Å². The molecule has 2 heterocycles. The minimum absolute atomic E-state index is 0.133. The van der Waals surface area contributed by atoms with Crippen molar-refractivity contribution in [3.05, 3.63) is 64.6 Å². The molecular formula is C19H24N2O4S. The van der Waals surface area contributed by atoms with Crippen molar-refractivity contribution < 1.29 is 13.5 Å². The fourth-order valence-corrected chi connectivity index (χ4v) is 4.73. The van der Waals surface area contributed by atoms with Crippen LogP contribution in [0.2, 0.25) is 0 Å². The third kappa shape index (κ3) is 4.23. The van der Waals surface area contributed by atoms with Crippen molar-refractivity contribution in [1.82, 2.24) is 8.87 Å². The monoisotopic (exact) mass is 376 g/mol. The molecular weight excluding hydrogens is 352 g/mol. The van der Waals surface area contributed by atoms with E-state index in [2.05, 4.69) is 0 Å². The van der Waals surface area contributed by atoms with Gasteiger partial charge < -0.3 is 9.67 Å². The van der Waals surface area contributed by atoms with Crippen molar-refractivity contribution >= 4 is 10.0 Å². The van der Waals surface area contributed by atoms with Crippen LogP contribution >= 0.6 is 0 Å². The minimum atomic E-state index is -3.58. The van der Waals surface area contributed by atoms with E-state index in [-0.39, 0.29) is 17.0 Å². The Kier molecular flexibility index (Phi) is 5.90. The predicted octanol–water partition coefficient (Wildman–Crippen LogP) is 2.15. The average Bonchev–Trinajstić information content (AvgIpc) is 2.68. The number of aryl methyl sites for hydroxylation is 1. The molecule has 1 saturated heterocycles. The maximum Gasteiger partial charge on any atom is 0.250 e. The van der Waals surface area contributed by atoms with E-state index in [1.165, 1.54) is 27.2 Å². The number of aromatic nitrogens is 1. The molecule has 6 nitrogen and oxygen atoms in total. The highest BCUT2D eigenvalue weighted by Crippen LogP contribution is 2.20. The van der Waals surface area contributed by atoms with E-state index in [9.17, 15) is 18.3 Å². The first kappa shape index (κ1) is 18.8. The molecule has 1 aliphatic rings. The van der Waals surface area contributed by atoms with E-state index in [1.807, 2.05) is 30.3 Å². The Balaban J connectivity index is 1.76. The largest absolute Gasteiger partial charge is 0.388 e. The lowest BCUT2D eigenvalue weighted by Gasteiger charge is -2.26. The molecule has 0 amide bonds. The number of hydrogen-bond donors (Lipinski definition) is 1. The van der Waals surface area contributed by atoms with E-state index < -0.39 is 16.1 Å². The molecule has 0 aliphatic carbocycles. The Bertz CT molecular complexity index is 887. The predicted molar refractivity (Wildman–Crippen MR) is 99.3 cm³/mol. The molecule has 0 saturated carbocycles. The highest BCUT2D eigenvalue weighted by Gasteiger charge is 2.26. The first-order valence-electron chi connectivity index (χ1n) is 8.92. The Morgan fingerprint density at radius 3 is 2.38 bits per heavy atom. The average molecular weight is 376 g/mol. The van der Waals surface area contributed by atoms with Crippen molar-refractivity contribution in [3.63, 3.8) is 0 Å². The van der Waals surface area contributed by atoms with Gasteiger partial charge in [0, 0.05) is 31.9 Å². The number of pyridine rings is 1. The zero-order valence-electron chi connectivity index (χ0n) is 14.6.